The molecule has 8 atom stereocenters. The smallest absolute Gasteiger partial charge is 0.337 e. The standard InChI is InChI=1S/C37H53N3O9/c1-24(17-13-10-11-14-18-28-22-38-23-48-28)31(42)35(5,6)33(44)39-20-16-12-15-19-29-25(2)21-30(46-8)37(49-29)26(3)32(43)40(7)36(37,27(4)41)34(45)47-9/h10-17,19,22-23,25-27,29-31,41-42H,18,20-21H2,1-9H3,(H,39,44)/b13-10-,14-11+,16-12+,19-15+,24-17-/t25-,26+,27?,29+,30+,31-,36-,37-/m1/s1. The van der Waals surface area contributed by atoms with Crippen LogP contribution in [-0.4, -0.2) is 101 Å². The Balaban J connectivity index is 1.65. The minimum absolute atomic E-state index is 0.0544. The second kappa shape index (κ2) is 16.7. The van der Waals surface area contributed by atoms with Crippen LogP contribution < -0.4 is 5.32 Å². The first-order chi connectivity index (χ1) is 23.1. The van der Waals surface area contributed by atoms with Crippen molar-refractivity contribution >= 4 is 17.8 Å². The third kappa shape index (κ3) is 7.67. The van der Waals surface area contributed by atoms with E-state index in [4.69, 9.17) is 18.6 Å². The number of oxazole rings is 1. The van der Waals surface area contributed by atoms with Crippen LogP contribution >= 0.6 is 0 Å². The molecular formula is C37H53N3O9. The van der Waals surface area contributed by atoms with Crippen molar-refractivity contribution in [2.75, 3.05) is 27.8 Å². The number of allylic oxidation sites excluding steroid dienone is 7. The molecule has 1 unspecified atom stereocenters. The number of likely N-dealkylation sites (tertiary alicyclic amines) is 1. The first kappa shape index (κ1) is 39.6. The van der Waals surface area contributed by atoms with E-state index in [0.717, 1.165) is 5.76 Å². The molecule has 0 radical (unpaired) electrons. The number of carbonyl (C=O) groups is 3. The normalized spacial score (nSPS) is 29.6. The highest BCUT2D eigenvalue weighted by Crippen LogP contribution is 2.55. The fourth-order valence-electron chi connectivity index (χ4n) is 7.11. The number of aliphatic hydroxyl groups excluding tert-OH is 2. The number of rotatable bonds is 14. The molecule has 2 aliphatic heterocycles. The van der Waals surface area contributed by atoms with Gasteiger partial charge in [0.15, 0.2) is 11.9 Å². The van der Waals surface area contributed by atoms with Crippen LogP contribution in [0, 0.1) is 17.3 Å². The topological polar surface area (TPSA) is 161 Å². The van der Waals surface area contributed by atoms with Crippen LogP contribution in [0.25, 0.3) is 0 Å². The first-order valence-corrected chi connectivity index (χ1v) is 16.6. The van der Waals surface area contributed by atoms with Gasteiger partial charge in [-0.25, -0.2) is 9.78 Å². The minimum atomic E-state index is -1.83. The quantitative estimate of drug-likeness (QED) is 0.196. The Morgan fingerprint density at radius 3 is 2.47 bits per heavy atom. The Bertz CT molecular complexity index is 1440. The van der Waals surface area contributed by atoms with E-state index in [0.29, 0.717) is 18.4 Å². The number of carbonyl (C=O) groups excluding carboxylic acids is 3. The number of likely N-dealkylation sites (N-methyl/N-ethyl adjacent to an activating group) is 1. The molecule has 0 bridgehead atoms. The summed E-state index contributed by atoms with van der Waals surface area (Å²) in [6.45, 7) is 10.5. The van der Waals surface area contributed by atoms with Gasteiger partial charge in [0.2, 0.25) is 11.8 Å². The summed E-state index contributed by atoms with van der Waals surface area (Å²) >= 11 is 0. The van der Waals surface area contributed by atoms with Crippen LogP contribution in [0.4, 0.5) is 0 Å². The van der Waals surface area contributed by atoms with Crippen molar-refractivity contribution in [3.05, 3.63) is 78.6 Å². The molecule has 3 rings (SSSR count). The van der Waals surface area contributed by atoms with Crippen LogP contribution in [0.15, 0.2) is 77.3 Å². The maximum atomic E-state index is 13.5. The SMILES string of the molecule is COC(=O)[C@@]1(C(C)O)N(C)C(=O)[C@H](C)[C@]12O[C@@H](/C=C/C=C/CNC(=O)C(C)(C)[C@H](O)\C(C)=C/C=C\C=C\Cc1cnco1)[C@H](C)C[C@@H]2OC. The maximum Gasteiger partial charge on any atom is 0.337 e. The predicted octanol–water partition coefficient (Wildman–Crippen LogP) is 3.47. The van der Waals surface area contributed by atoms with Crippen molar-refractivity contribution in [1.29, 1.82) is 0 Å². The average Bonchev–Trinajstić information content (AvgIpc) is 3.65. The van der Waals surface area contributed by atoms with E-state index in [2.05, 4.69) is 10.3 Å². The summed E-state index contributed by atoms with van der Waals surface area (Å²) in [5.74, 6) is -1.55. The molecule has 2 saturated heterocycles. The molecule has 0 saturated carbocycles. The van der Waals surface area contributed by atoms with Crippen LogP contribution in [-0.2, 0) is 35.0 Å². The Hall–Kier alpha value is -3.84. The molecule has 2 fully saturated rings. The van der Waals surface area contributed by atoms with E-state index in [1.54, 1.807) is 64.3 Å². The lowest BCUT2D eigenvalue weighted by Crippen LogP contribution is -2.76. The molecule has 2 aliphatic rings. The van der Waals surface area contributed by atoms with E-state index in [9.17, 15) is 24.6 Å². The number of aromatic nitrogens is 1. The number of amides is 2. The Morgan fingerprint density at radius 1 is 1.16 bits per heavy atom. The Morgan fingerprint density at radius 2 is 1.86 bits per heavy atom. The average molecular weight is 684 g/mol. The number of aliphatic hydroxyl groups is 2. The van der Waals surface area contributed by atoms with Gasteiger partial charge in [-0.15, -0.1) is 0 Å². The number of methoxy groups -OCH3 is 2. The van der Waals surface area contributed by atoms with Crippen molar-refractivity contribution < 1.29 is 43.2 Å². The third-order valence-electron chi connectivity index (χ3n) is 9.96. The summed E-state index contributed by atoms with van der Waals surface area (Å²) in [4.78, 5) is 45.0. The van der Waals surface area contributed by atoms with E-state index in [1.807, 2.05) is 31.2 Å². The lowest BCUT2D eigenvalue weighted by Gasteiger charge is -2.55. The molecule has 0 aromatic carbocycles. The molecule has 270 valence electrons. The molecular weight excluding hydrogens is 630 g/mol. The molecule has 1 aromatic heterocycles. The summed E-state index contributed by atoms with van der Waals surface area (Å²) in [7, 11) is 4.20. The predicted molar refractivity (Wildman–Crippen MR) is 184 cm³/mol. The summed E-state index contributed by atoms with van der Waals surface area (Å²) in [6.07, 6.45) is 16.9. The molecule has 1 aromatic rings. The van der Waals surface area contributed by atoms with Crippen LogP contribution in [0.2, 0.25) is 0 Å². The molecule has 1 spiro atoms. The number of ether oxygens (including phenoxy) is 3. The fourth-order valence-corrected chi connectivity index (χ4v) is 7.11. The largest absolute Gasteiger partial charge is 0.467 e. The van der Waals surface area contributed by atoms with Gasteiger partial charge in [-0.05, 0) is 45.6 Å². The molecule has 2 amide bonds. The van der Waals surface area contributed by atoms with Gasteiger partial charge in [-0.1, -0.05) is 68.5 Å². The van der Waals surface area contributed by atoms with Gasteiger partial charge < -0.3 is 39.1 Å². The van der Waals surface area contributed by atoms with Gasteiger partial charge in [0.1, 0.15) is 11.4 Å². The zero-order valence-electron chi connectivity index (χ0n) is 30.1. The second-order valence-electron chi connectivity index (χ2n) is 13.4. The van der Waals surface area contributed by atoms with Gasteiger partial charge >= 0.3 is 5.97 Å². The molecule has 3 heterocycles. The molecule has 3 N–H and O–H groups in total. The van der Waals surface area contributed by atoms with Crippen molar-refractivity contribution in [2.45, 2.75) is 89.9 Å². The summed E-state index contributed by atoms with van der Waals surface area (Å²) in [5.41, 5.74) is -3.80. The van der Waals surface area contributed by atoms with E-state index in [-0.39, 0.29) is 24.3 Å². The second-order valence-corrected chi connectivity index (χ2v) is 13.4. The van der Waals surface area contributed by atoms with Gasteiger partial charge in [0.25, 0.3) is 0 Å². The summed E-state index contributed by atoms with van der Waals surface area (Å²) in [5, 5.41) is 24.9. The van der Waals surface area contributed by atoms with Crippen LogP contribution in [0.5, 0.6) is 0 Å². The minimum Gasteiger partial charge on any atom is -0.467 e. The monoisotopic (exact) mass is 683 g/mol. The molecule has 12 nitrogen and oxygen atoms in total. The molecule has 0 aliphatic carbocycles. The number of hydrogen-bond donors (Lipinski definition) is 3. The van der Waals surface area contributed by atoms with Crippen molar-refractivity contribution in [3.8, 4) is 0 Å². The van der Waals surface area contributed by atoms with E-state index >= 15 is 0 Å². The van der Waals surface area contributed by atoms with Gasteiger partial charge in [-0.2, -0.15) is 0 Å². The van der Waals surface area contributed by atoms with E-state index < -0.39 is 52.9 Å². The molecule has 49 heavy (non-hydrogen) atoms. The van der Waals surface area contributed by atoms with Crippen molar-refractivity contribution in [1.82, 2.24) is 15.2 Å². The number of nitrogens with one attached hydrogen (secondary N) is 1. The maximum absolute atomic E-state index is 13.5. The highest BCUT2D eigenvalue weighted by Gasteiger charge is 2.77. The summed E-state index contributed by atoms with van der Waals surface area (Å²) < 4.78 is 22.9. The number of nitrogens with zero attached hydrogens (tertiary/aromatic N) is 2. The van der Waals surface area contributed by atoms with Crippen molar-refractivity contribution in [3.63, 3.8) is 0 Å². The highest BCUT2D eigenvalue weighted by atomic mass is 16.6. The lowest BCUT2D eigenvalue weighted by molar-refractivity contribution is -0.264. The molecule has 12 heteroatoms. The Labute approximate surface area is 289 Å². The summed E-state index contributed by atoms with van der Waals surface area (Å²) in [6, 6.07) is 0. The zero-order chi connectivity index (χ0) is 36.6. The van der Waals surface area contributed by atoms with Crippen LogP contribution in [0.3, 0.4) is 0 Å². The van der Waals surface area contributed by atoms with Crippen molar-refractivity contribution in [2.24, 2.45) is 17.3 Å². The number of hydrogen-bond acceptors (Lipinski definition) is 10. The third-order valence-corrected chi connectivity index (χ3v) is 9.96. The number of esters is 1. The van der Waals surface area contributed by atoms with E-state index in [1.165, 1.54) is 39.5 Å². The fraction of sp³-hybridized carbons (Fsp3) is 0.568. The lowest BCUT2D eigenvalue weighted by atomic mass is 9.65. The highest BCUT2D eigenvalue weighted by molar-refractivity contribution is 5.96. The van der Waals surface area contributed by atoms with Gasteiger partial charge in [-0.3, -0.25) is 9.59 Å². The zero-order valence-corrected chi connectivity index (χ0v) is 30.1. The van der Waals surface area contributed by atoms with Crippen LogP contribution in [0.1, 0.15) is 53.7 Å². The van der Waals surface area contributed by atoms with Gasteiger partial charge in [0, 0.05) is 27.1 Å². The van der Waals surface area contributed by atoms with Gasteiger partial charge in [0.05, 0.1) is 49.1 Å². The first-order valence-electron chi connectivity index (χ1n) is 16.6. The Kier molecular flexibility index (Phi) is 13.5.